The number of aryl methyl sites for hydroxylation is 1. The van der Waals surface area contributed by atoms with Crippen LogP contribution >= 0.6 is 0 Å². The molecule has 1 unspecified atom stereocenters. The van der Waals surface area contributed by atoms with Crippen LogP contribution in [0.5, 0.6) is 0 Å². The molecule has 4 nitrogen and oxygen atoms in total. The summed E-state index contributed by atoms with van der Waals surface area (Å²) in [6.07, 6.45) is 0.965. The van der Waals surface area contributed by atoms with Gasteiger partial charge in [-0.15, -0.1) is 0 Å². The number of nitrogens with one attached hydrogen (secondary N) is 2. The fraction of sp³-hybridized carbons (Fsp3) is 0.238. The summed E-state index contributed by atoms with van der Waals surface area (Å²) in [6.45, 7) is 4.89. The highest BCUT2D eigenvalue weighted by Gasteiger charge is 2.07. The largest absolute Gasteiger partial charge is 0.370 e. The molecule has 3 rings (SSSR count). The molecule has 0 fully saturated rings. The van der Waals surface area contributed by atoms with E-state index in [-0.39, 0.29) is 6.04 Å². The fourth-order valence-corrected chi connectivity index (χ4v) is 2.76. The standard InChI is InChI=1S/C21H24N4/c1-16(19-11-7-4-8-12-19)23-21-15-20(24-17(2)25-21)22-14-13-18-9-5-3-6-10-18/h3-12,15-16H,13-14H2,1-2H3,(H2,22,23,24,25). The lowest BCUT2D eigenvalue weighted by molar-refractivity contribution is 0.866. The second-order valence-electron chi connectivity index (χ2n) is 6.12. The Bertz CT molecular complexity index is 788. The maximum atomic E-state index is 4.50. The average molecular weight is 332 g/mol. The molecule has 0 bridgehead atoms. The molecule has 0 spiro atoms. The van der Waals surface area contributed by atoms with E-state index in [9.17, 15) is 0 Å². The van der Waals surface area contributed by atoms with E-state index in [0.29, 0.717) is 0 Å². The number of nitrogens with zero attached hydrogens (tertiary/aromatic N) is 2. The third-order valence-electron chi connectivity index (χ3n) is 4.06. The van der Waals surface area contributed by atoms with Crippen molar-refractivity contribution in [1.82, 2.24) is 9.97 Å². The molecular formula is C21H24N4. The zero-order valence-electron chi connectivity index (χ0n) is 14.7. The summed E-state index contributed by atoms with van der Waals surface area (Å²) in [5.74, 6) is 2.45. The van der Waals surface area contributed by atoms with Crippen LogP contribution in [-0.4, -0.2) is 16.5 Å². The smallest absolute Gasteiger partial charge is 0.132 e. The Morgan fingerprint density at radius 2 is 1.52 bits per heavy atom. The van der Waals surface area contributed by atoms with Crippen molar-refractivity contribution >= 4 is 11.6 Å². The second-order valence-corrected chi connectivity index (χ2v) is 6.12. The Labute approximate surface area is 149 Å². The Kier molecular flexibility index (Phi) is 5.62. The number of hydrogen-bond acceptors (Lipinski definition) is 4. The molecule has 0 aliphatic carbocycles. The van der Waals surface area contributed by atoms with Crippen LogP contribution in [0.3, 0.4) is 0 Å². The minimum absolute atomic E-state index is 0.188. The molecule has 2 aromatic carbocycles. The van der Waals surface area contributed by atoms with Gasteiger partial charge in [-0.2, -0.15) is 0 Å². The summed E-state index contributed by atoms with van der Waals surface area (Å²) in [5.41, 5.74) is 2.55. The molecule has 1 aromatic heterocycles. The van der Waals surface area contributed by atoms with E-state index in [1.165, 1.54) is 11.1 Å². The van der Waals surface area contributed by atoms with Gasteiger partial charge >= 0.3 is 0 Å². The molecule has 4 heteroatoms. The Morgan fingerprint density at radius 3 is 2.24 bits per heavy atom. The quantitative estimate of drug-likeness (QED) is 0.663. The van der Waals surface area contributed by atoms with E-state index in [1.54, 1.807) is 0 Å². The molecule has 1 heterocycles. The number of aromatic nitrogens is 2. The molecule has 1 atom stereocenters. The summed E-state index contributed by atoms with van der Waals surface area (Å²) in [6, 6.07) is 23.0. The summed E-state index contributed by atoms with van der Waals surface area (Å²) in [7, 11) is 0. The molecule has 0 amide bonds. The number of rotatable bonds is 7. The molecule has 2 N–H and O–H groups in total. The van der Waals surface area contributed by atoms with Crippen molar-refractivity contribution in [3.8, 4) is 0 Å². The van der Waals surface area contributed by atoms with Gasteiger partial charge in [-0.05, 0) is 31.4 Å². The van der Waals surface area contributed by atoms with Gasteiger partial charge in [-0.1, -0.05) is 60.7 Å². The van der Waals surface area contributed by atoms with Crippen molar-refractivity contribution in [2.24, 2.45) is 0 Å². The van der Waals surface area contributed by atoms with E-state index in [4.69, 9.17) is 0 Å². The first-order valence-corrected chi connectivity index (χ1v) is 8.65. The van der Waals surface area contributed by atoms with Crippen molar-refractivity contribution < 1.29 is 0 Å². The molecule has 128 valence electrons. The zero-order valence-corrected chi connectivity index (χ0v) is 14.7. The van der Waals surface area contributed by atoms with E-state index in [2.05, 4.69) is 76.1 Å². The van der Waals surface area contributed by atoms with E-state index < -0.39 is 0 Å². The van der Waals surface area contributed by atoms with Gasteiger partial charge in [0.05, 0.1) is 0 Å². The second kappa shape index (κ2) is 8.29. The molecule has 3 aromatic rings. The van der Waals surface area contributed by atoms with Crippen LogP contribution in [0.2, 0.25) is 0 Å². The highest BCUT2D eigenvalue weighted by molar-refractivity contribution is 5.48. The topological polar surface area (TPSA) is 49.8 Å². The monoisotopic (exact) mass is 332 g/mol. The average Bonchev–Trinajstić information content (AvgIpc) is 2.63. The van der Waals surface area contributed by atoms with Gasteiger partial charge in [0, 0.05) is 18.7 Å². The van der Waals surface area contributed by atoms with Gasteiger partial charge in [0.1, 0.15) is 17.5 Å². The molecular weight excluding hydrogens is 308 g/mol. The summed E-state index contributed by atoms with van der Waals surface area (Å²) < 4.78 is 0. The number of hydrogen-bond donors (Lipinski definition) is 2. The van der Waals surface area contributed by atoms with Crippen LogP contribution in [0.1, 0.15) is 29.9 Å². The van der Waals surface area contributed by atoms with E-state index in [1.807, 2.05) is 25.1 Å². The first kappa shape index (κ1) is 17.0. The highest BCUT2D eigenvalue weighted by atomic mass is 15.1. The lowest BCUT2D eigenvalue weighted by Gasteiger charge is -2.16. The summed E-state index contributed by atoms with van der Waals surface area (Å²) >= 11 is 0. The summed E-state index contributed by atoms with van der Waals surface area (Å²) in [4.78, 5) is 8.99. The SMILES string of the molecule is Cc1nc(NCCc2ccccc2)cc(NC(C)c2ccccc2)n1. The van der Waals surface area contributed by atoms with Gasteiger partial charge in [-0.25, -0.2) is 9.97 Å². The Morgan fingerprint density at radius 1 is 0.880 bits per heavy atom. The summed E-state index contributed by atoms with van der Waals surface area (Å²) in [5, 5.41) is 6.85. The van der Waals surface area contributed by atoms with Gasteiger partial charge in [0.15, 0.2) is 0 Å². The predicted octanol–water partition coefficient (Wildman–Crippen LogP) is 4.61. The Hall–Kier alpha value is -2.88. The van der Waals surface area contributed by atoms with Crippen LogP contribution in [0, 0.1) is 6.92 Å². The zero-order chi connectivity index (χ0) is 17.5. The van der Waals surface area contributed by atoms with Crippen LogP contribution in [0.25, 0.3) is 0 Å². The normalized spacial score (nSPS) is 11.8. The predicted molar refractivity (Wildman–Crippen MR) is 104 cm³/mol. The van der Waals surface area contributed by atoms with Crippen LogP contribution < -0.4 is 10.6 Å². The molecule has 0 radical (unpaired) electrons. The van der Waals surface area contributed by atoms with Gasteiger partial charge < -0.3 is 10.6 Å². The van der Waals surface area contributed by atoms with E-state index >= 15 is 0 Å². The minimum Gasteiger partial charge on any atom is -0.370 e. The first-order valence-electron chi connectivity index (χ1n) is 8.65. The van der Waals surface area contributed by atoms with Crippen molar-refractivity contribution in [1.29, 1.82) is 0 Å². The maximum absolute atomic E-state index is 4.50. The van der Waals surface area contributed by atoms with Crippen molar-refractivity contribution in [2.45, 2.75) is 26.3 Å². The van der Waals surface area contributed by atoms with Crippen LogP contribution in [-0.2, 0) is 6.42 Å². The number of anilines is 2. The van der Waals surface area contributed by atoms with Gasteiger partial charge in [0.25, 0.3) is 0 Å². The Balaban J connectivity index is 1.62. The van der Waals surface area contributed by atoms with Crippen molar-refractivity contribution in [2.75, 3.05) is 17.2 Å². The maximum Gasteiger partial charge on any atom is 0.132 e. The molecule has 0 aliphatic rings. The van der Waals surface area contributed by atoms with Crippen molar-refractivity contribution in [3.63, 3.8) is 0 Å². The third-order valence-corrected chi connectivity index (χ3v) is 4.06. The lowest BCUT2D eigenvalue weighted by atomic mass is 10.1. The van der Waals surface area contributed by atoms with Crippen molar-refractivity contribution in [3.05, 3.63) is 83.7 Å². The highest BCUT2D eigenvalue weighted by Crippen LogP contribution is 2.19. The minimum atomic E-state index is 0.188. The first-order chi connectivity index (χ1) is 12.2. The van der Waals surface area contributed by atoms with Gasteiger partial charge in [0.2, 0.25) is 0 Å². The molecule has 0 saturated carbocycles. The lowest BCUT2D eigenvalue weighted by Crippen LogP contribution is -2.11. The van der Waals surface area contributed by atoms with Crippen LogP contribution in [0.15, 0.2) is 66.7 Å². The molecule has 25 heavy (non-hydrogen) atoms. The third kappa shape index (κ3) is 5.05. The van der Waals surface area contributed by atoms with Gasteiger partial charge in [-0.3, -0.25) is 0 Å². The van der Waals surface area contributed by atoms with E-state index in [0.717, 1.165) is 30.4 Å². The number of benzene rings is 2. The fourth-order valence-electron chi connectivity index (χ4n) is 2.76. The van der Waals surface area contributed by atoms with Crippen LogP contribution in [0.4, 0.5) is 11.6 Å². The molecule has 0 saturated heterocycles. The molecule has 0 aliphatic heterocycles.